The third-order valence-electron chi connectivity index (χ3n) is 12.5. The van der Waals surface area contributed by atoms with Gasteiger partial charge in [-0.3, -0.25) is 0 Å². The number of rotatable bonds is 5. The third kappa shape index (κ3) is 4.13. The van der Waals surface area contributed by atoms with Gasteiger partial charge in [0, 0.05) is 55.9 Å². The van der Waals surface area contributed by atoms with E-state index in [1.54, 1.807) is 5.19 Å². The van der Waals surface area contributed by atoms with Gasteiger partial charge in [-0.25, -0.2) is 0 Å². The van der Waals surface area contributed by atoms with Crippen LogP contribution >= 0.6 is 0 Å². The summed E-state index contributed by atoms with van der Waals surface area (Å²) >= 11 is 0. The number of aryl methyl sites for hydroxylation is 1. The van der Waals surface area contributed by atoms with E-state index in [1.807, 2.05) is 0 Å². The van der Waals surface area contributed by atoms with Gasteiger partial charge in [0.05, 0.1) is 19.1 Å². The Morgan fingerprint density at radius 3 is 1.96 bits per heavy atom. The molecule has 0 aliphatic carbocycles. The molecule has 0 unspecified atom stereocenters. The van der Waals surface area contributed by atoms with E-state index in [0.29, 0.717) is 0 Å². The Morgan fingerprint density at radius 1 is 0.611 bits per heavy atom. The second kappa shape index (κ2) is 10.9. The fourth-order valence-electron chi connectivity index (χ4n) is 10.0. The number of fused-ring (bicyclic) bond motifs is 4. The highest BCUT2D eigenvalue weighted by Gasteiger charge is 2.48. The molecule has 0 N–H and O–H groups in total. The van der Waals surface area contributed by atoms with E-state index in [1.165, 1.54) is 77.6 Å². The molecule has 260 valence electrons. The van der Waals surface area contributed by atoms with Crippen molar-refractivity contribution in [3.05, 3.63) is 162 Å². The molecule has 4 heterocycles. The zero-order valence-corrected chi connectivity index (χ0v) is 32.8. The lowest BCUT2D eigenvalue weighted by atomic mass is 9.43. The highest BCUT2D eigenvalue weighted by Crippen LogP contribution is 2.52. The number of hydrogen-bond acceptors (Lipinski definition) is 2. The first kappa shape index (κ1) is 31.7. The first-order valence-corrected chi connectivity index (χ1v) is 22.8. The minimum atomic E-state index is -1.87. The Morgan fingerprint density at radius 2 is 1.28 bits per heavy atom. The summed E-state index contributed by atoms with van der Waals surface area (Å²) in [6.45, 7) is 14.6. The monoisotopic (exact) mass is 711 g/mol. The molecule has 11 rings (SSSR count). The van der Waals surface area contributed by atoms with Gasteiger partial charge in [0.1, 0.15) is 0 Å². The van der Waals surface area contributed by atoms with Crippen molar-refractivity contribution in [3.8, 4) is 16.8 Å². The molecule has 0 atom stereocenters. The van der Waals surface area contributed by atoms with Gasteiger partial charge in [-0.05, 0) is 94.3 Å². The van der Waals surface area contributed by atoms with Gasteiger partial charge < -0.3 is 14.3 Å². The van der Waals surface area contributed by atoms with Gasteiger partial charge in [-0.1, -0.05) is 130 Å². The Hall–Kier alpha value is -5.78. The van der Waals surface area contributed by atoms with E-state index in [4.69, 9.17) is 0 Å². The fourth-order valence-corrected chi connectivity index (χ4v) is 11.6. The predicted octanol–water partition coefficient (Wildman–Crippen LogP) is 11.0. The smallest absolute Gasteiger partial charge is 0.333 e. The molecule has 0 saturated heterocycles. The van der Waals surface area contributed by atoms with Gasteiger partial charge in [-0.2, -0.15) is 0 Å². The first-order valence-electron chi connectivity index (χ1n) is 19.3. The third-order valence-corrected chi connectivity index (χ3v) is 14.5. The van der Waals surface area contributed by atoms with E-state index in [0.717, 1.165) is 17.1 Å². The van der Waals surface area contributed by atoms with E-state index >= 15 is 0 Å². The van der Waals surface area contributed by atoms with Crippen molar-refractivity contribution < 1.29 is 0 Å². The minimum Gasteiger partial charge on any atom is -0.376 e. The zero-order chi connectivity index (χ0) is 36.7. The molecule has 3 nitrogen and oxygen atoms in total. The average molecular weight is 712 g/mol. The molecule has 0 amide bonds. The Bertz CT molecular complexity index is 2810. The van der Waals surface area contributed by atoms with Gasteiger partial charge in [-0.15, -0.1) is 0 Å². The summed E-state index contributed by atoms with van der Waals surface area (Å²) in [6, 6.07) is 54.8. The van der Waals surface area contributed by atoms with Crippen molar-refractivity contribution in [1.82, 2.24) is 4.57 Å². The number of benzene rings is 7. The van der Waals surface area contributed by atoms with Crippen molar-refractivity contribution in [2.75, 3.05) is 9.71 Å². The van der Waals surface area contributed by atoms with Crippen molar-refractivity contribution >= 4 is 81.3 Å². The van der Waals surface area contributed by atoms with Gasteiger partial charge >= 0.3 is 6.85 Å². The highest BCUT2D eigenvalue weighted by atomic mass is 28.3. The Labute approximate surface area is 319 Å². The van der Waals surface area contributed by atoms with Crippen LogP contribution in [0, 0.1) is 6.92 Å². The second-order valence-electron chi connectivity index (χ2n) is 17.1. The van der Waals surface area contributed by atoms with Crippen LogP contribution in [0.15, 0.2) is 146 Å². The summed E-state index contributed by atoms with van der Waals surface area (Å²) in [5, 5.41) is 4.41. The van der Waals surface area contributed by atoms with Crippen molar-refractivity contribution in [3.63, 3.8) is 0 Å². The van der Waals surface area contributed by atoms with Crippen LogP contribution in [-0.4, -0.2) is 19.5 Å². The molecule has 0 fully saturated rings. The molecule has 5 heteroatoms. The summed E-state index contributed by atoms with van der Waals surface area (Å²) in [5.41, 5.74) is 19.5. The maximum absolute atomic E-state index is 2.71. The number of para-hydroxylation sites is 4. The van der Waals surface area contributed by atoms with Crippen LogP contribution in [0.1, 0.15) is 30.5 Å². The molecule has 0 bridgehead atoms. The van der Waals surface area contributed by atoms with Crippen molar-refractivity contribution in [1.29, 1.82) is 0 Å². The molecule has 8 aromatic rings. The molecule has 1 aromatic heterocycles. The van der Waals surface area contributed by atoms with Crippen molar-refractivity contribution in [2.45, 2.75) is 45.8 Å². The molecule has 54 heavy (non-hydrogen) atoms. The standard InChI is InChI=1S/C49H42BN3Si/c1-31-23-25-34(26-24-31)53-42-28-27-35(51(32-15-9-7-10-16-32)33-17-11-8-12-18-33)29-37(42)38-30-43(54(4,5)6)44-36-19-13-20-39-46(36)52-47-40(49(39,2)3)21-14-22-41(47)50(53)45(38)48(44)52/h7-30H,1-6H3. The van der Waals surface area contributed by atoms with E-state index in [9.17, 15) is 0 Å². The fraction of sp³-hybridized carbons (Fsp3) is 0.143. The Kier molecular flexibility index (Phi) is 6.40. The van der Waals surface area contributed by atoms with Crippen LogP contribution in [0.4, 0.5) is 28.4 Å². The lowest BCUT2D eigenvalue weighted by molar-refractivity contribution is 0.631. The normalized spacial score (nSPS) is 14.6. The van der Waals surface area contributed by atoms with E-state index in [-0.39, 0.29) is 12.3 Å². The maximum Gasteiger partial charge on any atom is 0.333 e. The molecule has 3 aliphatic rings. The van der Waals surface area contributed by atoms with Gasteiger partial charge in [0.2, 0.25) is 0 Å². The highest BCUT2D eigenvalue weighted by molar-refractivity contribution is 6.95. The quantitative estimate of drug-likeness (QED) is 0.165. The number of aromatic nitrogens is 1. The van der Waals surface area contributed by atoms with Crippen LogP contribution < -0.4 is 25.8 Å². The number of hydrogen-bond donors (Lipinski definition) is 0. The van der Waals surface area contributed by atoms with Crippen LogP contribution in [0.25, 0.3) is 38.6 Å². The van der Waals surface area contributed by atoms with Gasteiger partial charge in [0.15, 0.2) is 0 Å². The van der Waals surface area contributed by atoms with Crippen LogP contribution in [-0.2, 0) is 5.41 Å². The largest absolute Gasteiger partial charge is 0.376 e. The molecule has 0 saturated carbocycles. The van der Waals surface area contributed by atoms with E-state index in [2.05, 4.69) is 200 Å². The molecule has 3 aliphatic heterocycles. The van der Waals surface area contributed by atoms with Crippen LogP contribution in [0.2, 0.25) is 19.6 Å². The first-order chi connectivity index (χ1) is 26.1. The predicted molar refractivity (Wildman–Crippen MR) is 234 cm³/mol. The summed E-state index contributed by atoms with van der Waals surface area (Å²) in [7, 11) is -1.87. The lowest BCUT2D eigenvalue weighted by Crippen LogP contribution is -2.61. The zero-order valence-electron chi connectivity index (χ0n) is 31.8. The Balaban J connectivity index is 1.32. The minimum absolute atomic E-state index is 0.0164. The molecular weight excluding hydrogens is 669 g/mol. The SMILES string of the molecule is Cc1ccc(N2B3c4cccc5c4-n4c6c(cccc6c6c([Si](C)(C)C)cc(c3c64)-c3cc(N(c4ccccc4)c4ccccc4)ccc32)C5(C)C)cc1. The topological polar surface area (TPSA) is 11.4 Å². The van der Waals surface area contributed by atoms with E-state index < -0.39 is 8.07 Å². The summed E-state index contributed by atoms with van der Waals surface area (Å²) in [6.07, 6.45) is 0. The molecule has 0 radical (unpaired) electrons. The van der Waals surface area contributed by atoms with Crippen molar-refractivity contribution in [2.24, 2.45) is 0 Å². The summed E-state index contributed by atoms with van der Waals surface area (Å²) in [5.74, 6) is 0. The lowest BCUT2D eigenvalue weighted by Gasteiger charge is -2.45. The van der Waals surface area contributed by atoms with Crippen LogP contribution in [0.3, 0.4) is 0 Å². The van der Waals surface area contributed by atoms with Crippen LogP contribution in [0.5, 0.6) is 0 Å². The maximum atomic E-state index is 2.71. The average Bonchev–Trinajstić information content (AvgIpc) is 3.53. The number of anilines is 5. The van der Waals surface area contributed by atoms with Gasteiger partial charge in [0.25, 0.3) is 0 Å². The molecular formula is C49H42BN3Si. The summed E-state index contributed by atoms with van der Waals surface area (Å²) < 4.78 is 2.71. The molecule has 7 aromatic carbocycles. The summed E-state index contributed by atoms with van der Waals surface area (Å²) in [4.78, 5) is 5.06. The number of nitrogens with zero attached hydrogens (tertiary/aromatic N) is 3. The molecule has 0 spiro atoms. The second-order valence-corrected chi connectivity index (χ2v) is 22.1.